The summed E-state index contributed by atoms with van der Waals surface area (Å²) in [6.07, 6.45) is 1.45. The van der Waals surface area contributed by atoms with E-state index in [2.05, 4.69) is 10.3 Å². The first-order valence-corrected chi connectivity index (χ1v) is 7.43. The number of furan rings is 1. The fourth-order valence-corrected chi connectivity index (χ4v) is 2.37. The first-order valence-electron chi connectivity index (χ1n) is 7.43. The van der Waals surface area contributed by atoms with Gasteiger partial charge >= 0.3 is 0 Å². The summed E-state index contributed by atoms with van der Waals surface area (Å²) in [5.74, 6) is -0.158. The van der Waals surface area contributed by atoms with Gasteiger partial charge in [-0.1, -0.05) is 30.3 Å². The molecule has 0 radical (unpaired) electrons. The van der Waals surface area contributed by atoms with Crippen LogP contribution in [0.15, 0.2) is 70.1 Å². The molecule has 122 valence electrons. The number of aromatic nitrogens is 1. The van der Waals surface area contributed by atoms with Gasteiger partial charge in [-0.3, -0.25) is 9.59 Å². The Morgan fingerprint density at radius 1 is 1.12 bits per heavy atom. The molecule has 0 bridgehead atoms. The topological polar surface area (TPSA) is 95.3 Å². The number of hydrogen-bond donors (Lipinski definition) is 3. The molecule has 0 saturated carbocycles. The van der Waals surface area contributed by atoms with Crippen molar-refractivity contribution in [2.24, 2.45) is 0 Å². The number of carbonyl (C=O) groups is 1. The van der Waals surface area contributed by atoms with Crippen LogP contribution in [0.3, 0.4) is 0 Å². The zero-order chi connectivity index (χ0) is 16.9. The normalized spacial score (nSPS) is 11.9. The molecule has 1 amide bonds. The molecule has 0 fully saturated rings. The van der Waals surface area contributed by atoms with Crippen LogP contribution in [0.1, 0.15) is 22.2 Å². The van der Waals surface area contributed by atoms with Crippen LogP contribution in [-0.2, 0) is 0 Å². The molecule has 0 aliphatic carbocycles. The average molecular weight is 324 g/mol. The Kier molecular flexibility index (Phi) is 4.58. The predicted molar refractivity (Wildman–Crippen MR) is 88.5 cm³/mol. The largest absolute Gasteiger partial charge is 0.467 e. The summed E-state index contributed by atoms with van der Waals surface area (Å²) in [6.45, 7) is -0.334. The highest BCUT2D eigenvalue weighted by Crippen LogP contribution is 2.16. The fourth-order valence-electron chi connectivity index (χ4n) is 2.37. The Labute approximate surface area is 137 Å². The van der Waals surface area contributed by atoms with E-state index in [1.165, 1.54) is 12.3 Å². The first kappa shape index (κ1) is 15.8. The second kappa shape index (κ2) is 6.97. The molecule has 3 N–H and O–H groups in total. The third-order valence-corrected chi connectivity index (χ3v) is 3.61. The second-order valence-corrected chi connectivity index (χ2v) is 5.20. The molecule has 0 saturated heterocycles. The Morgan fingerprint density at radius 2 is 1.92 bits per heavy atom. The van der Waals surface area contributed by atoms with Crippen LogP contribution in [-0.4, -0.2) is 22.6 Å². The Bertz CT molecular complexity index is 870. The maximum absolute atomic E-state index is 12.3. The highest BCUT2D eigenvalue weighted by atomic mass is 16.3. The van der Waals surface area contributed by atoms with Crippen molar-refractivity contribution in [1.29, 1.82) is 0 Å². The molecule has 1 aromatic carbocycles. The van der Waals surface area contributed by atoms with Crippen molar-refractivity contribution >= 4 is 5.91 Å². The molecule has 6 heteroatoms. The van der Waals surface area contributed by atoms with E-state index in [0.29, 0.717) is 11.5 Å². The van der Waals surface area contributed by atoms with Crippen molar-refractivity contribution in [1.82, 2.24) is 10.3 Å². The number of hydrogen-bond acceptors (Lipinski definition) is 4. The predicted octanol–water partition coefficient (Wildman–Crippen LogP) is 2.10. The molecule has 6 nitrogen and oxygen atoms in total. The van der Waals surface area contributed by atoms with E-state index in [9.17, 15) is 14.7 Å². The summed E-state index contributed by atoms with van der Waals surface area (Å²) in [4.78, 5) is 27.2. The zero-order valence-electron chi connectivity index (χ0n) is 12.7. The Balaban J connectivity index is 1.82. The van der Waals surface area contributed by atoms with Crippen LogP contribution in [0.4, 0.5) is 0 Å². The fraction of sp³-hybridized carbons (Fsp3) is 0.111. The van der Waals surface area contributed by atoms with E-state index in [-0.39, 0.29) is 12.2 Å². The van der Waals surface area contributed by atoms with Crippen LogP contribution in [0, 0.1) is 0 Å². The van der Waals surface area contributed by atoms with Crippen LogP contribution in [0.2, 0.25) is 0 Å². The maximum atomic E-state index is 12.3. The summed E-state index contributed by atoms with van der Waals surface area (Å²) < 4.78 is 5.17. The van der Waals surface area contributed by atoms with Gasteiger partial charge in [-0.05, 0) is 29.8 Å². The van der Waals surface area contributed by atoms with Gasteiger partial charge in [0.1, 0.15) is 17.4 Å². The van der Waals surface area contributed by atoms with Crippen molar-refractivity contribution in [2.75, 3.05) is 6.61 Å². The highest BCUT2D eigenvalue weighted by molar-refractivity contribution is 5.94. The number of rotatable bonds is 5. The minimum atomic E-state index is -0.708. The number of aliphatic hydroxyl groups is 1. The molecule has 0 aliphatic rings. The first-order chi connectivity index (χ1) is 11.7. The van der Waals surface area contributed by atoms with Gasteiger partial charge in [0.2, 0.25) is 0 Å². The summed E-state index contributed by atoms with van der Waals surface area (Å²) in [5.41, 5.74) is 0.956. The third kappa shape index (κ3) is 3.28. The molecule has 1 unspecified atom stereocenters. The highest BCUT2D eigenvalue weighted by Gasteiger charge is 2.19. The molecule has 3 rings (SSSR count). The van der Waals surface area contributed by atoms with E-state index in [4.69, 9.17) is 4.42 Å². The molecule has 3 aromatic rings. The third-order valence-electron chi connectivity index (χ3n) is 3.61. The molecule has 1 atom stereocenters. The van der Waals surface area contributed by atoms with Gasteiger partial charge < -0.3 is 19.8 Å². The van der Waals surface area contributed by atoms with Crippen LogP contribution < -0.4 is 10.9 Å². The Hall–Kier alpha value is -3.12. The summed E-state index contributed by atoms with van der Waals surface area (Å²) in [6, 6.07) is 15.1. The van der Waals surface area contributed by atoms with Gasteiger partial charge in [0.05, 0.1) is 12.9 Å². The van der Waals surface area contributed by atoms with Crippen molar-refractivity contribution in [2.45, 2.75) is 6.04 Å². The van der Waals surface area contributed by atoms with Gasteiger partial charge in [0.25, 0.3) is 11.5 Å². The number of nitrogens with one attached hydrogen (secondary N) is 2. The number of aliphatic hydroxyl groups excluding tert-OH is 1. The molecule has 2 heterocycles. The lowest BCUT2D eigenvalue weighted by Gasteiger charge is -2.13. The smallest absolute Gasteiger partial charge is 0.261 e. The SMILES string of the molecule is O=C(NC(CO)c1ccco1)c1ccc(-c2ccccc2)[nH]c1=O. The molecule has 0 spiro atoms. The van der Waals surface area contributed by atoms with Crippen molar-refractivity contribution in [3.63, 3.8) is 0 Å². The number of amides is 1. The van der Waals surface area contributed by atoms with Gasteiger partial charge in [-0.2, -0.15) is 0 Å². The second-order valence-electron chi connectivity index (χ2n) is 5.20. The van der Waals surface area contributed by atoms with Gasteiger partial charge in [-0.15, -0.1) is 0 Å². The lowest BCUT2D eigenvalue weighted by molar-refractivity contribution is 0.0906. The maximum Gasteiger partial charge on any atom is 0.261 e. The standard InChI is InChI=1S/C18H16N2O4/c21-11-15(16-7-4-10-24-16)20-18(23)13-8-9-14(19-17(13)22)12-5-2-1-3-6-12/h1-10,15,21H,11H2,(H,19,22)(H,20,23). The van der Waals surface area contributed by atoms with Crippen molar-refractivity contribution < 1.29 is 14.3 Å². The average Bonchev–Trinajstić information content (AvgIpc) is 3.14. The molecular formula is C18H16N2O4. The number of benzene rings is 1. The van der Waals surface area contributed by atoms with Gasteiger partial charge in [0.15, 0.2) is 0 Å². The number of pyridine rings is 1. The van der Waals surface area contributed by atoms with E-state index in [1.807, 2.05) is 30.3 Å². The minimum absolute atomic E-state index is 0.0281. The molecule has 24 heavy (non-hydrogen) atoms. The van der Waals surface area contributed by atoms with Crippen LogP contribution in [0.5, 0.6) is 0 Å². The minimum Gasteiger partial charge on any atom is -0.467 e. The van der Waals surface area contributed by atoms with Crippen molar-refractivity contribution in [3.05, 3.63) is 82.5 Å². The Morgan fingerprint density at radius 3 is 2.54 bits per heavy atom. The van der Waals surface area contributed by atoms with Crippen molar-refractivity contribution in [3.8, 4) is 11.3 Å². The summed E-state index contributed by atoms with van der Waals surface area (Å²) in [5, 5.41) is 12.0. The monoisotopic (exact) mass is 324 g/mol. The summed E-state index contributed by atoms with van der Waals surface area (Å²) in [7, 11) is 0. The van der Waals surface area contributed by atoms with E-state index >= 15 is 0 Å². The van der Waals surface area contributed by atoms with Crippen LogP contribution >= 0.6 is 0 Å². The number of H-pyrrole nitrogens is 1. The lowest BCUT2D eigenvalue weighted by Crippen LogP contribution is -2.34. The number of aromatic amines is 1. The van der Waals surface area contributed by atoms with Gasteiger partial charge in [0, 0.05) is 5.69 Å². The number of carbonyl (C=O) groups excluding carboxylic acids is 1. The van der Waals surface area contributed by atoms with Gasteiger partial charge in [-0.25, -0.2) is 0 Å². The quantitative estimate of drug-likeness (QED) is 0.670. The van der Waals surface area contributed by atoms with E-state index in [0.717, 1.165) is 5.56 Å². The lowest BCUT2D eigenvalue weighted by atomic mass is 10.1. The molecular weight excluding hydrogens is 308 g/mol. The molecule has 0 aliphatic heterocycles. The van der Waals surface area contributed by atoms with Crippen LogP contribution in [0.25, 0.3) is 11.3 Å². The van der Waals surface area contributed by atoms with E-state index in [1.54, 1.807) is 18.2 Å². The zero-order valence-corrected chi connectivity index (χ0v) is 12.7. The summed E-state index contributed by atoms with van der Waals surface area (Å²) >= 11 is 0. The van der Waals surface area contributed by atoms with E-state index < -0.39 is 17.5 Å². The molecule has 2 aromatic heterocycles.